The van der Waals surface area contributed by atoms with E-state index in [1.54, 1.807) is 12.1 Å². The highest BCUT2D eigenvalue weighted by molar-refractivity contribution is 7.89. The van der Waals surface area contributed by atoms with E-state index in [1.807, 2.05) is 31.2 Å². The first-order valence-corrected chi connectivity index (χ1v) is 10.4. The quantitative estimate of drug-likeness (QED) is 0.538. The number of halogens is 1. The van der Waals surface area contributed by atoms with Crippen LogP contribution in [-0.4, -0.2) is 38.4 Å². The zero-order chi connectivity index (χ0) is 20.7. The minimum absolute atomic E-state index is 0.00116. The van der Waals surface area contributed by atoms with Crippen molar-refractivity contribution in [1.82, 2.24) is 14.9 Å². The van der Waals surface area contributed by atoms with E-state index in [-0.39, 0.29) is 23.9 Å². The Morgan fingerprint density at radius 1 is 1.00 bits per heavy atom. The summed E-state index contributed by atoms with van der Waals surface area (Å²) < 4.78 is 50.5. The average molecular weight is 417 g/mol. The van der Waals surface area contributed by atoms with E-state index in [0.717, 1.165) is 17.4 Å². The zero-order valence-electron chi connectivity index (χ0n) is 15.7. The lowest BCUT2D eigenvalue weighted by molar-refractivity contribution is 0.307. The van der Waals surface area contributed by atoms with Crippen LogP contribution in [-0.2, 0) is 10.0 Å². The normalized spacial score (nSPS) is 11.2. The van der Waals surface area contributed by atoms with E-state index >= 15 is 0 Å². The van der Waals surface area contributed by atoms with Crippen molar-refractivity contribution in [1.29, 1.82) is 0 Å². The Kier molecular flexibility index (Phi) is 6.73. The Bertz CT molecular complexity index is 1040. The van der Waals surface area contributed by atoms with Crippen LogP contribution in [0.25, 0.3) is 11.3 Å². The molecule has 2 aromatic carbocycles. The number of aromatic nitrogens is 2. The molecule has 9 heteroatoms. The smallest absolute Gasteiger partial charge is 0.240 e. The Hall–Kier alpha value is -3.04. The molecule has 0 aliphatic carbocycles. The van der Waals surface area contributed by atoms with E-state index in [1.165, 1.54) is 18.2 Å². The second kappa shape index (κ2) is 9.44. The van der Waals surface area contributed by atoms with Crippen molar-refractivity contribution in [3.05, 3.63) is 66.5 Å². The first-order chi connectivity index (χ1) is 14.0. The summed E-state index contributed by atoms with van der Waals surface area (Å²) >= 11 is 0. The van der Waals surface area contributed by atoms with Gasteiger partial charge in [0.1, 0.15) is 18.2 Å². The largest absolute Gasteiger partial charge is 0.494 e. The SMILES string of the molecule is CCOc1ccc(-c2ccc(OCCNS(=O)(=O)c3cccc(F)c3)nn2)cc1. The van der Waals surface area contributed by atoms with Gasteiger partial charge in [-0.2, -0.15) is 0 Å². The predicted octanol–water partition coefficient (Wildman–Crippen LogP) is 3.04. The topological polar surface area (TPSA) is 90.4 Å². The molecule has 7 nitrogen and oxygen atoms in total. The Morgan fingerprint density at radius 2 is 1.79 bits per heavy atom. The molecule has 0 aliphatic rings. The lowest BCUT2D eigenvalue weighted by Gasteiger charge is -2.08. The monoisotopic (exact) mass is 417 g/mol. The Labute approximate surface area is 168 Å². The third kappa shape index (κ3) is 5.72. The van der Waals surface area contributed by atoms with E-state index in [2.05, 4.69) is 14.9 Å². The third-order valence-electron chi connectivity index (χ3n) is 3.85. The van der Waals surface area contributed by atoms with Gasteiger partial charge in [0.25, 0.3) is 0 Å². The van der Waals surface area contributed by atoms with Crippen LogP contribution in [0.2, 0.25) is 0 Å². The van der Waals surface area contributed by atoms with Gasteiger partial charge in [0.05, 0.1) is 17.2 Å². The molecule has 3 rings (SSSR count). The van der Waals surface area contributed by atoms with Gasteiger partial charge in [-0.25, -0.2) is 17.5 Å². The lowest BCUT2D eigenvalue weighted by atomic mass is 10.1. The van der Waals surface area contributed by atoms with Gasteiger partial charge in [0.15, 0.2) is 0 Å². The van der Waals surface area contributed by atoms with Crippen molar-refractivity contribution in [2.75, 3.05) is 19.8 Å². The second-order valence-electron chi connectivity index (χ2n) is 5.92. The first-order valence-electron chi connectivity index (χ1n) is 8.93. The molecule has 152 valence electrons. The van der Waals surface area contributed by atoms with Crippen molar-refractivity contribution in [3.8, 4) is 22.9 Å². The van der Waals surface area contributed by atoms with Gasteiger partial charge in [0.2, 0.25) is 15.9 Å². The maximum absolute atomic E-state index is 13.2. The number of hydrogen-bond acceptors (Lipinski definition) is 6. The number of nitrogens with one attached hydrogen (secondary N) is 1. The van der Waals surface area contributed by atoms with Gasteiger partial charge < -0.3 is 9.47 Å². The van der Waals surface area contributed by atoms with Crippen molar-refractivity contribution in [3.63, 3.8) is 0 Å². The third-order valence-corrected chi connectivity index (χ3v) is 5.31. The molecule has 0 saturated heterocycles. The van der Waals surface area contributed by atoms with E-state index in [4.69, 9.17) is 9.47 Å². The van der Waals surface area contributed by atoms with E-state index < -0.39 is 15.8 Å². The lowest BCUT2D eigenvalue weighted by Crippen LogP contribution is -2.28. The van der Waals surface area contributed by atoms with Gasteiger partial charge in [-0.3, -0.25) is 0 Å². The first kappa shape index (κ1) is 20.7. The summed E-state index contributed by atoms with van der Waals surface area (Å²) in [5.41, 5.74) is 1.56. The molecule has 1 N–H and O–H groups in total. The summed E-state index contributed by atoms with van der Waals surface area (Å²) in [7, 11) is -3.80. The molecule has 1 heterocycles. The highest BCUT2D eigenvalue weighted by atomic mass is 32.2. The summed E-state index contributed by atoms with van der Waals surface area (Å²) in [5.74, 6) is 0.432. The Balaban J connectivity index is 1.51. The summed E-state index contributed by atoms with van der Waals surface area (Å²) in [4.78, 5) is -0.142. The number of rotatable bonds is 9. The van der Waals surface area contributed by atoms with Crippen molar-refractivity contribution in [2.24, 2.45) is 0 Å². The molecule has 29 heavy (non-hydrogen) atoms. The molecule has 0 spiro atoms. The molecule has 0 radical (unpaired) electrons. The van der Waals surface area contributed by atoms with E-state index in [0.29, 0.717) is 12.3 Å². The number of nitrogens with zero attached hydrogens (tertiary/aromatic N) is 2. The molecule has 0 aliphatic heterocycles. The molecule has 0 atom stereocenters. The molecule has 0 unspecified atom stereocenters. The highest BCUT2D eigenvalue weighted by Gasteiger charge is 2.14. The molecular weight excluding hydrogens is 397 g/mol. The van der Waals surface area contributed by atoms with Crippen LogP contribution in [0, 0.1) is 5.82 Å². The van der Waals surface area contributed by atoms with Gasteiger partial charge in [-0.05, 0) is 55.5 Å². The summed E-state index contributed by atoms with van der Waals surface area (Å²) in [6, 6.07) is 15.7. The molecule has 3 aromatic rings. The molecular formula is C20H20FN3O4S. The molecule has 0 amide bonds. The van der Waals surface area contributed by atoms with Crippen LogP contribution >= 0.6 is 0 Å². The van der Waals surface area contributed by atoms with Crippen LogP contribution in [0.15, 0.2) is 65.6 Å². The summed E-state index contributed by atoms with van der Waals surface area (Å²) in [6.07, 6.45) is 0. The van der Waals surface area contributed by atoms with Crippen LogP contribution in [0.3, 0.4) is 0 Å². The van der Waals surface area contributed by atoms with Crippen LogP contribution < -0.4 is 14.2 Å². The van der Waals surface area contributed by atoms with E-state index in [9.17, 15) is 12.8 Å². The van der Waals surface area contributed by atoms with Gasteiger partial charge in [-0.1, -0.05) is 6.07 Å². The molecule has 1 aromatic heterocycles. The van der Waals surface area contributed by atoms with Crippen molar-refractivity contribution < 1.29 is 22.3 Å². The average Bonchev–Trinajstić information content (AvgIpc) is 2.73. The van der Waals surface area contributed by atoms with Crippen molar-refractivity contribution >= 4 is 10.0 Å². The van der Waals surface area contributed by atoms with Crippen LogP contribution in [0.4, 0.5) is 4.39 Å². The number of sulfonamides is 1. The van der Waals surface area contributed by atoms with Gasteiger partial charge in [0, 0.05) is 18.2 Å². The fourth-order valence-electron chi connectivity index (χ4n) is 2.49. The highest BCUT2D eigenvalue weighted by Crippen LogP contribution is 2.21. The Morgan fingerprint density at radius 3 is 2.45 bits per heavy atom. The number of benzene rings is 2. The maximum Gasteiger partial charge on any atom is 0.240 e. The standard InChI is InChI=1S/C20H20FN3O4S/c1-2-27-17-8-6-15(7-9-17)19-10-11-20(24-23-19)28-13-12-22-29(25,26)18-5-3-4-16(21)14-18/h3-11,14,22H,2,12-13H2,1H3. The molecule has 0 bridgehead atoms. The summed E-state index contributed by atoms with van der Waals surface area (Å²) in [5, 5.41) is 8.10. The second-order valence-corrected chi connectivity index (χ2v) is 7.68. The maximum atomic E-state index is 13.2. The number of ether oxygens (including phenoxy) is 2. The molecule has 0 saturated carbocycles. The fourth-order valence-corrected chi connectivity index (χ4v) is 3.53. The summed E-state index contributed by atoms with van der Waals surface area (Å²) in [6.45, 7) is 2.57. The predicted molar refractivity (Wildman–Crippen MR) is 106 cm³/mol. The number of hydrogen-bond donors (Lipinski definition) is 1. The minimum Gasteiger partial charge on any atom is -0.494 e. The minimum atomic E-state index is -3.80. The van der Waals surface area contributed by atoms with Crippen LogP contribution in [0.5, 0.6) is 11.6 Å². The van der Waals surface area contributed by atoms with Gasteiger partial charge in [-0.15, -0.1) is 10.2 Å². The fraction of sp³-hybridized carbons (Fsp3) is 0.200. The van der Waals surface area contributed by atoms with Crippen LogP contribution in [0.1, 0.15) is 6.92 Å². The van der Waals surface area contributed by atoms with Gasteiger partial charge >= 0.3 is 0 Å². The molecule has 0 fully saturated rings. The zero-order valence-corrected chi connectivity index (χ0v) is 16.5. The van der Waals surface area contributed by atoms with Crippen molar-refractivity contribution in [2.45, 2.75) is 11.8 Å².